The van der Waals surface area contributed by atoms with Crippen molar-refractivity contribution in [1.82, 2.24) is 24.3 Å². The van der Waals surface area contributed by atoms with Gasteiger partial charge in [0.2, 0.25) is 11.8 Å². The molecule has 3 heterocycles. The number of aryl methyl sites for hydroxylation is 2. The lowest BCUT2D eigenvalue weighted by molar-refractivity contribution is -0.116. The quantitative estimate of drug-likeness (QED) is 0.363. The van der Waals surface area contributed by atoms with E-state index in [2.05, 4.69) is 20.4 Å². The number of hydrogen-bond donors (Lipinski definition) is 1. The predicted octanol–water partition coefficient (Wildman–Crippen LogP) is 4.34. The van der Waals surface area contributed by atoms with Gasteiger partial charge in [-0.25, -0.2) is 4.98 Å². The second-order valence-corrected chi connectivity index (χ2v) is 8.83. The van der Waals surface area contributed by atoms with Gasteiger partial charge in [0.25, 0.3) is 5.56 Å². The SMILES string of the molecule is CCCc1noc(Cn2cnc3c4cc(C)ccc4n(CC(=O)Nc4ccc(Cl)cc4)c3c2=O)n1. The van der Waals surface area contributed by atoms with Crippen molar-refractivity contribution in [3.05, 3.63) is 81.4 Å². The standard InChI is InChI=1S/C25H23ClN6O3/c1-3-4-20-29-22(35-30-20)13-31-14-27-23-18-11-15(2)5-10-19(18)32(24(23)25(31)34)12-21(33)28-17-8-6-16(26)7-9-17/h5-11,14H,3-4,12-13H2,1-2H3,(H,28,33). The zero-order chi connectivity index (χ0) is 24.5. The Balaban J connectivity index is 1.56. The second kappa shape index (κ2) is 9.34. The van der Waals surface area contributed by atoms with Gasteiger partial charge >= 0.3 is 0 Å². The summed E-state index contributed by atoms with van der Waals surface area (Å²) in [6.45, 7) is 4.03. The van der Waals surface area contributed by atoms with Gasteiger partial charge in [-0.2, -0.15) is 4.98 Å². The fraction of sp³-hybridized carbons (Fsp3) is 0.240. The van der Waals surface area contributed by atoms with Crippen molar-refractivity contribution < 1.29 is 9.32 Å². The van der Waals surface area contributed by atoms with Crippen LogP contribution in [0.4, 0.5) is 5.69 Å². The number of fused-ring (bicyclic) bond motifs is 3. The summed E-state index contributed by atoms with van der Waals surface area (Å²) in [5.74, 6) is 0.659. The summed E-state index contributed by atoms with van der Waals surface area (Å²) < 4.78 is 8.43. The third-order valence-corrected chi connectivity index (χ3v) is 5.95. The monoisotopic (exact) mass is 490 g/mol. The van der Waals surface area contributed by atoms with Gasteiger partial charge in [0.15, 0.2) is 5.82 Å². The summed E-state index contributed by atoms with van der Waals surface area (Å²) >= 11 is 5.94. The molecule has 0 aliphatic carbocycles. The molecule has 0 saturated carbocycles. The number of rotatable bonds is 7. The molecule has 0 radical (unpaired) electrons. The van der Waals surface area contributed by atoms with Crippen LogP contribution in [0.25, 0.3) is 21.9 Å². The Kier molecular flexibility index (Phi) is 6.08. The number of halogens is 1. The van der Waals surface area contributed by atoms with Crippen molar-refractivity contribution >= 4 is 45.1 Å². The summed E-state index contributed by atoms with van der Waals surface area (Å²) in [5.41, 5.74) is 2.99. The van der Waals surface area contributed by atoms with Crippen LogP contribution in [0.3, 0.4) is 0 Å². The van der Waals surface area contributed by atoms with Gasteiger partial charge in [-0.3, -0.25) is 14.2 Å². The van der Waals surface area contributed by atoms with Crippen LogP contribution in [0.15, 0.2) is 58.1 Å². The molecular weight excluding hydrogens is 468 g/mol. The molecule has 10 heteroatoms. The molecule has 0 bridgehead atoms. The fourth-order valence-corrected chi connectivity index (χ4v) is 4.22. The molecule has 0 unspecified atom stereocenters. The first-order valence-electron chi connectivity index (χ1n) is 11.3. The molecule has 1 N–H and O–H groups in total. The Morgan fingerprint density at radius 1 is 1.17 bits per heavy atom. The highest BCUT2D eigenvalue weighted by Gasteiger charge is 2.19. The maximum Gasteiger partial charge on any atom is 0.278 e. The van der Waals surface area contributed by atoms with Gasteiger partial charge in [-0.05, 0) is 49.7 Å². The first-order chi connectivity index (χ1) is 16.9. The van der Waals surface area contributed by atoms with Crippen molar-refractivity contribution in [2.24, 2.45) is 0 Å². The predicted molar refractivity (Wildman–Crippen MR) is 134 cm³/mol. The first-order valence-corrected chi connectivity index (χ1v) is 11.7. The zero-order valence-electron chi connectivity index (χ0n) is 19.3. The van der Waals surface area contributed by atoms with Crippen LogP contribution >= 0.6 is 11.6 Å². The molecule has 3 aromatic heterocycles. The lowest BCUT2D eigenvalue weighted by atomic mass is 10.1. The minimum absolute atomic E-state index is 0.0617. The maximum atomic E-state index is 13.6. The zero-order valence-corrected chi connectivity index (χ0v) is 20.0. The van der Waals surface area contributed by atoms with E-state index < -0.39 is 0 Å². The van der Waals surface area contributed by atoms with Gasteiger partial charge in [0.05, 0.1) is 11.8 Å². The molecule has 0 spiro atoms. The van der Waals surface area contributed by atoms with E-state index in [0.29, 0.717) is 39.9 Å². The molecule has 9 nitrogen and oxygen atoms in total. The topological polar surface area (TPSA) is 108 Å². The van der Waals surface area contributed by atoms with E-state index in [1.807, 2.05) is 32.0 Å². The number of amides is 1. The highest BCUT2D eigenvalue weighted by atomic mass is 35.5. The van der Waals surface area contributed by atoms with Gasteiger partial charge in [0.1, 0.15) is 24.1 Å². The molecule has 0 saturated heterocycles. The van der Waals surface area contributed by atoms with E-state index in [9.17, 15) is 9.59 Å². The fourth-order valence-electron chi connectivity index (χ4n) is 4.09. The average molecular weight is 491 g/mol. The van der Waals surface area contributed by atoms with Crippen molar-refractivity contribution in [2.45, 2.75) is 39.8 Å². The van der Waals surface area contributed by atoms with Crippen LogP contribution in [0.5, 0.6) is 0 Å². The Morgan fingerprint density at radius 2 is 1.97 bits per heavy atom. The normalized spacial score (nSPS) is 11.4. The van der Waals surface area contributed by atoms with Gasteiger partial charge in [0, 0.05) is 22.5 Å². The average Bonchev–Trinajstić information content (AvgIpc) is 3.40. The molecule has 1 amide bonds. The third-order valence-electron chi connectivity index (χ3n) is 5.70. The molecule has 5 rings (SSSR count). The largest absolute Gasteiger partial charge is 0.337 e. The number of carbonyl (C=O) groups is 1. The summed E-state index contributed by atoms with van der Waals surface area (Å²) in [5, 5.41) is 8.20. The summed E-state index contributed by atoms with van der Waals surface area (Å²) in [6, 6.07) is 12.7. The number of carbonyl (C=O) groups excluding carboxylic acids is 1. The molecule has 0 aliphatic rings. The van der Waals surface area contributed by atoms with Crippen molar-refractivity contribution in [3.63, 3.8) is 0 Å². The Morgan fingerprint density at radius 3 is 2.74 bits per heavy atom. The van der Waals surface area contributed by atoms with Crippen LogP contribution < -0.4 is 10.9 Å². The maximum absolute atomic E-state index is 13.6. The Bertz CT molecular complexity index is 1600. The molecular formula is C25H23ClN6O3. The van der Waals surface area contributed by atoms with Gasteiger partial charge < -0.3 is 14.4 Å². The van der Waals surface area contributed by atoms with E-state index in [-0.39, 0.29) is 24.6 Å². The van der Waals surface area contributed by atoms with Crippen LogP contribution in [0.2, 0.25) is 5.02 Å². The number of nitrogens with zero attached hydrogens (tertiary/aromatic N) is 5. The first kappa shape index (κ1) is 22.8. The molecule has 0 fully saturated rings. The Hall–Kier alpha value is -3.98. The van der Waals surface area contributed by atoms with Gasteiger partial charge in [-0.1, -0.05) is 35.3 Å². The van der Waals surface area contributed by atoms with Crippen LogP contribution in [-0.2, 0) is 24.3 Å². The van der Waals surface area contributed by atoms with Crippen LogP contribution in [-0.4, -0.2) is 30.2 Å². The molecule has 0 aliphatic heterocycles. The van der Waals surface area contributed by atoms with Crippen LogP contribution in [0.1, 0.15) is 30.6 Å². The van der Waals surface area contributed by atoms with E-state index >= 15 is 0 Å². The lowest BCUT2D eigenvalue weighted by Gasteiger charge is -2.09. The number of aromatic nitrogens is 5. The van der Waals surface area contributed by atoms with E-state index in [1.54, 1.807) is 28.8 Å². The Labute approximate surface area is 205 Å². The van der Waals surface area contributed by atoms with E-state index in [4.69, 9.17) is 16.1 Å². The van der Waals surface area contributed by atoms with Crippen molar-refractivity contribution in [3.8, 4) is 0 Å². The highest BCUT2D eigenvalue weighted by Crippen LogP contribution is 2.26. The molecule has 2 aromatic carbocycles. The lowest BCUT2D eigenvalue weighted by Crippen LogP contribution is -2.25. The number of hydrogen-bond acceptors (Lipinski definition) is 6. The molecule has 178 valence electrons. The van der Waals surface area contributed by atoms with Crippen molar-refractivity contribution in [1.29, 1.82) is 0 Å². The molecule has 35 heavy (non-hydrogen) atoms. The van der Waals surface area contributed by atoms with Gasteiger partial charge in [-0.15, -0.1) is 0 Å². The number of nitrogens with one attached hydrogen (secondary N) is 1. The number of benzene rings is 2. The summed E-state index contributed by atoms with van der Waals surface area (Å²) in [6.07, 6.45) is 3.07. The van der Waals surface area contributed by atoms with Crippen molar-refractivity contribution in [2.75, 3.05) is 5.32 Å². The molecule has 0 atom stereocenters. The smallest absolute Gasteiger partial charge is 0.278 e. The van der Waals surface area contributed by atoms with Crippen LogP contribution in [0, 0.1) is 6.92 Å². The second-order valence-electron chi connectivity index (χ2n) is 8.39. The summed E-state index contributed by atoms with van der Waals surface area (Å²) in [7, 11) is 0. The third kappa shape index (κ3) is 4.54. The van der Waals surface area contributed by atoms with E-state index in [0.717, 1.165) is 22.9 Å². The number of anilines is 1. The summed E-state index contributed by atoms with van der Waals surface area (Å²) in [4.78, 5) is 35.5. The highest BCUT2D eigenvalue weighted by molar-refractivity contribution is 6.30. The minimum Gasteiger partial charge on any atom is -0.337 e. The van der Waals surface area contributed by atoms with E-state index in [1.165, 1.54) is 10.9 Å². The molecule has 5 aromatic rings. The minimum atomic E-state index is -0.293.